The van der Waals surface area contributed by atoms with E-state index in [-0.39, 0.29) is 17.4 Å². The van der Waals surface area contributed by atoms with Crippen LogP contribution in [0.5, 0.6) is 6.01 Å². The molecule has 0 aliphatic rings. The number of rotatable bonds is 4. The van der Waals surface area contributed by atoms with Crippen LogP contribution in [0.2, 0.25) is 0 Å². The molecule has 0 spiro atoms. The van der Waals surface area contributed by atoms with Crippen LogP contribution >= 0.6 is 15.9 Å². The molecular weight excluding hydrogens is 315 g/mol. The molecule has 0 aliphatic carbocycles. The Morgan fingerprint density at radius 2 is 2.11 bits per heavy atom. The zero-order chi connectivity index (χ0) is 13.8. The van der Waals surface area contributed by atoms with E-state index in [4.69, 9.17) is 4.74 Å². The van der Waals surface area contributed by atoms with Gasteiger partial charge in [-0.3, -0.25) is 0 Å². The second-order valence-electron chi connectivity index (χ2n) is 3.55. The summed E-state index contributed by atoms with van der Waals surface area (Å²) >= 11 is 3.14. The standard InChI is InChI=1S/C12H12BrFN4O/c1-3-19-12-17-10(16-11(15-2)18-12)7-5-4-6-8(13)9(7)14/h4-6H,3H2,1-2H3,(H,15,16,17,18). The molecule has 1 aromatic heterocycles. The first-order valence-corrected chi connectivity index (χ1v) is 6.46. The number of nitrogens with one attached hydrogen (secondary N) is 1. The minimum Gasteiger partial charge on any atom is -0.464 e. The van der Waals surface area contributed by atoms with Crippen molar-refractivity contribution in [1.29, 1.82) is 0 Å². The van der Waals surface area contributed by atoms with Crippen LogP contribution in [0.4, 0.5) is 10.3 Å². The van der Waals surface area contributed by atoms with E-state index < -0.39 is 5.82 Å². The smallest absolute Gasteiger partial charge is 0.321 e. The molecule has 0 amide bonds. The molecule has 0 saturated carbocycles. The van der Waals surface area contributed by atoms with Crippen LogP contribution in [-0.2, 0) is 0 Å². The van der Waals surface area contributed by atoms with Crippen molar-refractivity contribution >= 4 is 21.9 Å². The number of benzene rings is 1. The lowest BCUT2D eigenvalue weighted by atomic mass is 10.2. The Kier molecular flexibility index (Phi) is 4.26. The maximum atomic E-state index is 14.0. The first-order valence-electron chi connectivity index (χ1n) is 5.66. The summed E-state index contributed by atoms with van der Waals surface area (Å²) in [6, 6.07) is 5.09. The van der Waals surface area contributed by atoms with E-state index in [1.165, 1.54) is 0 Å². The van der Waals surface area contributed by atoms with Crippen molar-refractivity contribution in [2.24, 2.45) is 0 Å². The number of ether oxygens (including phenoxy) is 1. The van der Waals surface area contributed by atoms with E-state index in [0.717, 1.165) is 0 Å². The zero-order valence-corrected chi connectivity index (χ0v) is 12.0. The van der Waals surface area contributed by atoms with E-state index in [2.05, 4.69) is 36.2 Å². The third-order valence-electron chi connectivity index (χ3n) is 2.30. The van der Waals surface area contributed by atoms with E-state index in [1.807, 2.05) is 6.92 Å². The van der Waals surface area contributed by atoms with Crippen molar-refractivity contribution in [3.8, 4) is 17.4 Å². The van der Waals surface area contributed by atoms with Gasteiger partial charge < -0.3 is 10.1 Å². The predicted molar refractivity (Wildman–Crippen MR) is 73.6 cm³/mol. The van der Waals surface area contributed by atoms with Crippen molar-refractivity contribution in [1.82, 2.24) is 15.0 Å². The Bertz CT molecular complexity index is 594. The molecule has 7 heteroatoms. The summed E-state index contributed by atoms with van der Waals surface area (Å²) in [5, 5.41) is 2.79. The quantitative estimate of drug-likeness (QED) is 0.936. The van der Waals surface area contributed by atoms with Crippen molar-refractivity contribution in [3.05, 3.63) is 28.5 Å². The van der Waals surface area contributed by atoms with Gasteiger partial charge in [-0.05, 0) is 35.0 Å². The van der Waals surface area contributed by atoms with Gasteiger partial charge >= 0.3 is 6.01 Å². The number of halogens is 2. The fraction of sp³-hybridized carbons (Fsp3) is 0.250. The lowest BCUT2D eigenvalue weighted by Crippen LogP contribution is -2.05. The van der Waals surface area contributed by atoms with Gasteiger partial charge in [0, 0.05) is 7.05 Å². The van der Waals surface area contributed by atoms with Crippen LogP contribution in [0.15, 0.2) is 22.7 Å². The van der Waals surface area contributed by atoms with Crippen LogP contribution < -0.4 is 10.1 Å². The Morgan fingerprint density at radius 3 is 2.79 bits per heavy atom. The first kappa shape index (κ1) is 13.7. The third-order valence-corrected chi connectivity index (χ3v) is 2.92. The minimum atomic E-state index is -0.418. The molecule has 2 rings (SSSR count). The second kappa shape index (κ2) is 5.92. The van der Waals surface area contributed by atoms with Crippen LogP contribution in [0.1, 0.15) is 6.92 Å². The van der Waals surface area contributed by atoms with E-state index in [9.17, 15) is 4.39 Å². The van der Waals surface area contributed by atoms with Crippen molar-refractivity contribution in [2.45, 2.75) is 6.92 Å². The van der Waals surface area contributed by atoms with Gasteiger partial charge in [0.05, 0.1) is 16.6 Å². The molecule has 1 aromatic carbocycles. The van der Waals surface area contributed by atoms with Gasteiger partial charge in [0.15, 0.2) is 5.82 Å². The Hall–Kier alpha value is -1.76. The van der Waals surface area contributed by atoms with Gasteiger partial charge in [-0.25, -0.2) is 4.39 Å². The molecule has 100 valence electrons. The summed E-state index contributed by atoms with van der Waals surface area (Å²) in [6.45, 7) is 2.25. The maximum absolute atomic E-state index is 14.0. The minimum absolute atomic E-state index is 0.163. The molecule has 1 heterocycles. The first-order chi connectivity index (χ1) is 9.15. The third kappa shape index (κ3) is 2.98. The summed E-state index contributed by atoms with van der Waals surface area (Å²) in [7, 11) is 1.67. The highest BCUT2D eigenvalue weighted by atomic mass is 79.9. The lowest BCUT2D eigenvalue weighted by Gasteiger charge is -2.08. The Morgan fingerprint density at radius 1 is 1.32 bits per heavy atom. The monoisotopic (exact) mass is 326 g/mol. The highest BCUT2D eigenvalue weighted by Crippen LogP contribution is 2.26. The summed E-state index contributed by atoms with van der Waals surface area (Å²) in [4.78, 5) is 12.3. The van der Waals surface area contributed by atoms with Crippen LogP contribution in [0.25, 0.3) is 11.4 Å². The van der Waals surface area contributed by atoms with Gasteiger partial charge in [0.1, 0.15) is 5.82 Å². The molecule has 0 unspecified atom stereocenters. The fourth-order valence-electron chi connectivity index (χ4n) is 1.46. The molecule has 0 bridgehead atoms. The summed E-state index contributed by atoms with van der Waals surface area (Å²) in [5.74, 6) is 0.132. The summed E-state index contributed by atoms with van der Waals surface area (Å²) in [6.07, 6.45) is 0. The normalized spacial score (nSPS) is 10.3. The van der Waals surface area contributed by atoms with Crippen LogP contribution in [-0.4, -0.2) is 28.6 Å². The molecule has 19 heavy (non-hydrogen) atoms. The predicted octanol–water partition coefficient (Wildman–Crippen LogP) is 2.88. The molecule has 0 saturated heterocycles. The maximum Gasteiger partial charge on any atom is 0.321 e. The molecule has 5 nitrogen and oxygen atoms in total. The molecule has 0 aliphatic heterocycles. The number of nitrogens with zero attached hydrogens (tertiary/aromatic N) is 3. The van der Waals surface area contributed by atoms with E-state index in [1.54, 1.807) is 25.2 Å². The average molecular weight is 327 g/mol. The van der Waals surface area contributed by atoms with Gasteiger partial charge in [-0.1, -0.05) is 6.07 Å². The molecule has 0 fully saturated rings. The molecule has 0 radical (unpaired) electrons. The molecule has 2 aromatic rings. The fourth-order valence-corrected chi connectivity index (χ4v) is 1.83. The topological polar surface area (TPSA) is 59.9 Å². The van der Waals surface area contributed by atoms with E-state index >= 15 is 0 Å². The molecule has 0 atom stereocenters. The van der Waals surface area contributed by atoms with Gasteiger partial charge in [-0.2, -0.15) is 15.0 Å². The molecular formula is C12H12BrFN4O. The second-order valence-corrected chi connectivity index (χ2v) is 4.40. The van der Waals surface area contributed by atoms with Gasteiger partial charge in [-0.15, -0.1) is 0 Å². The van der Waals surface area contributed by atoms with Crippen LogP contribution in [0.3, 0.4) is 0 Å². The summed E-state index contributed by atoms with van der Waals surface area (Å²) < 4.78 is 19.6. The van der Waals surface area contributed by atoms with Crippen molar-refractivity contribution in [2.75, 3.05) is 19.0 Å². The summed E-state index contributed by atoms with van der Waals surface area (Å²) in [5.41, 5.74) is 0.286. The highest BCUT2D eigenvalue weighted by Gasteiger charge is 2.14. The highest BCUT2D eigenvalue weighted by molar-refractivity contribution is 9.10. The number of hydrogen-bond donors (Lipinski definition) is 1. The largest absolute Gasteiger partial charge is 0.464 e. The van der Waals surface area contributed by atoms with E-state index in [0.29, 0.717) is 17.0 Å². The Balaban J connectivity index is 2.54. The lowest BCUT2D eigenvalue weighted by molar-refractivity contribution is 0.312. The van der Waals surface area contributed by atoms with Crippen molar-refractivity contribution < 1.29 is 9.13 Å². The zero-order valence-electron chi connectivity index (χ0n) is 10.4. The number of anilines is 1. The van der Waals surface area contributed by atoms with Crippen LogP contribution in [0, 0.1) is 5.82 Å². The van der Waals surface area contributed by atoms with Crippen molar-refractivity contribution in [3.63, 3.8) is 0 Å². The number of aromatic nitrogens is 3. The van der Waals surface area contributed by atoms with Gasteiger partial charge in [0.2, 0.25) is 5.95 Å². The number of hydrogen-bond acceptors (Lipinski definition) is 5. The average Bonchev–Trinajstić information content (AvgIpc) is 2.42. The Labute approximate surface area is 118 Å². The molecule has 1 N–H and O–H groups in total. The SMILES string of the molecule is CCOc1nc(NC)nc(-c2cccc(Br)c2F)n1. The van der Waals surface area contributed by atoms with Gasteiger partial charge in [0.25, 0.3) is 0 Å².